The van der Waals surface area contributed by atoms with E-state index in [1.165, 1.54) is 16.4 Å². The molecular formula is C37H52N6O6S2. The minimum Gasteiger partial charge on any atom is -0.390 e. The summed E-state index contributed by atoms with van der Waals surface area (Å²) in [6.07, 6.45) is -0.407. The Morgan fingerprint density at radius 2 is 1.71 bits per heavy atom. The highest BCUT2D eigenvalue weighted by molar-refractivity contribution is 7.89. The normalized spacial score (nSPS) is 16.2. The van der Waals surface area contributed by atoms with E-state index in [4.69, 9.17) is 0 Å². The van der Waals surface area contributed by atoms with Crippen LogP contribution in [0.2, 0.25) is 0 Å². The number of aliphatic hydroxyl groups is 1. The number of benzene rings is 2. The van der Waals surface area contributed by atoms with Crippen LogP contribution in [-0.4, -0.2) is 88.9 Å². The molecule has 0 aliphatic carbocycles. The van der Waals surface area contributed by atoms with Gasteiger partial charge in [0.15, 0.2) is 0 Å². The molecule has 51 heavy (non-hydrogen) atoms. The van der Waals surface area contributed by atoms with E-state index in [0.717, 1.165) is 16.3 Å². The van der Waals surface area contributed by atoms with Gasteiger partial charge in [-0.1, -0.05) is 95.6 Å². The Bertz CT molecular complexity index is 1700. The molecule has 1 aromatic heterocycles. The van der Waals surface area contributed by atoms with Crippen LogP contribution in [0.25, 0.3) is 0 Å². The van der Waals surface area contributed by atoms with Gasteiger partial charge >= 0.3 is 6.03 Å². The molecule has 1 aliphatic rings. The molecule has 3 aromatic rings. The van der Waals surface area contributed by atoms with Crippen molar-refractivity contribution >= 4 is 33.3 Å². The van der Waals surface area contributed by atoms with Gasteiger partial charge < -0.3 is 20.2 Å². The number of hydrogen-bond donors (Lipinski definition) is 2. The SMILES string of the molecule is CC[C@H](C)[C@@H](C(=O)N[C@@H](Cc1ccccc1)[C@H](O)CN(CC(C)C)S(=O)(=O)c1ccc(CN=O)cc1)N1CCN(Cc2csc(C(C)C)n2)C1=O. The highest BCUT2D eigenvalue weighted by Crippen LogP contribution is 2.26. The van der Waals surface area contributed by atoms with E-state index in [0.29, 0.717) is 37.5 Å². The lowest BCUT2D eigenvalue weighted by molar-refractivity contribution is -0.128. The summed E-state index contributed by atoms with van der Waals surface area (Å²) >= 11 is 1.58. The van der Waals surface area contributed by atoms with E-state index in [-0.39, 0.29) is 48.8 Å². The number of thiazole rings is 1. The summed E-state index contributed by atoms with van der Waals surface area (Å²) in [7, 11) is -4.06. The van der Waals surface area contributed by atoms with Gasteiger partial charge in [-0.15, -0.1) is 11.3 Å². The van der Waals surface area contributed by atoms with Crippen LogP contribution < -0.4 is 5.32 Å². The highest BCUT2D eigenvalue weighted by Gasteiger charge is 2.41. The monoisotopic (exact) mass is 740 g/mol. The Kier molecular flexibility index (Phi) is 14.3. The maximum absolute atomic E-state index is 14.3. The predicted octanol–water partition coefficient (Wildman–Crippen LogP) is 5.62. The number of urea groups is 1. The summed E-state index contributed by atoms with van der Waals surface area (Å²) < 4.78 is 29.1. The molecule has 1 fully saturated rings. The van der Waals surface area contributed by atoms with Crippen molar-refractivity contribution in [1.82, 2.24) is 24.4 Å². The van der Waals surface area contributed by atoms with Crippen molar-refractivity contribution in [3.8, 4) is 0 Å². The summed E-state index contributed by atoms with van der Waals surface area (Å²) in [5, 5.41) is 20.7. The second-order valence-corrected chi connectivity index (χ2v) is 16.9. The number of hydrogen-bond acceptors (Lipinski definition) is 9. The van der Waals surface area contributed by atoms with Gasteiger partial charge in [0.05, 0.1) is 34.3 Å². The Labute approximate surface area is 306 Å². The average Bonchev–Trinajstić information content (AvgIpc) is 3.71. The number of carbonyl (C=O) groups is 2. The molecule has 4 rings (SSSR count). The van der Waals surface area contributed by atoms with Gasteiger partial charge in [-0.3, -0.25) is 4.79 Å². The maximum atomic E-state index is 14.3. The molecule has 12 nitrogen and oxygen atoms in total. The third-order valence-electron chi connectivity index (χ3n) is 9.19. The standard InChI is InChI=1S/C37H52N6O6S2/c1-7-27(6)34(43-18-17-41(37(43)46)22-30-24-50-36(39-30)26(4)5)35(45)40-32(19-28-11-9-8-10-12-28)33(44)23-42(21-25(2)3)51(48,49)31-15-13-29(14-16-31)20-38-47/h8-16,24-27,32-34,44H,7,17-23H2,1-6H3,(H,40,45)/t27-,32-,33+,34-/m0/s1. The molecule has 278 valence electrons. The van der Waals surface area contributed by atoms with Crippen molar-refractivity contribution in [3.63, 3.8) is 0 Å². The smallest absolute Gasteiger partial charge is 0.321 e. The Hall–Kier alpha value is -3.72. The lowest BCUT2D eigenvalue weighted by Crippen LogP contribution is -2.57. The summed E-state index contributed by atoms with van der Waals surface area (Å²) in [5.74, 6) is -0.352. The predicted molar refractivity (Wildman–Crippen MR) is 200 cm³/mol. The van der Waals surface area contributed by atoms with Crippen LogP contribution in [0.5, 0.6) is 0 Å². The van der Waals surface area contributed by atoms with Crippen LogP contribution in [0.4, 0.5) is 4.79 Å². The number of nitrogens with one attached hydrogen (secondary N) is 1. The number of rotatable bonds is 19. The molecule has 0 saturated carbocycles. The van der Waals surface area contributed by atoms with Crippen LogP contribution >= 0.6 is 11.3 Å². The van der Waals surface area contributed by atoms with Crippen molar-refractivity contribution in [3.05, 3.63) is 86.7 Å². The fraction of sp³-hybridized carbons (Fsp3) is 0.541. The number of carbonyl (C=O) groups excluding carboxylic acids is 2. The molecule has 2 N–H and O–H groups in total. The molecule has 3 amide bonds. The molecule has 0 radical (unpaired) electrons. The fourth-order valence-corrected chi connectivity index (χ4v) is 8.66. The van der Waals surface area contributed by atoms with Gasteiger partial charge in [0.1, 0.15) is 12.6 Å². The Morgan fingerprint density at radius 1 is 1.02 bits per heavy atom. The van der Waals surface area contributed by atoms with Crippen LogP contribution in [0.15, 0.2) is 70.0 Å². The van der Waals surface area contributed by atoms with Crippen molar-refractivity contribution in [2.45, 2.75) is 96.5 Å². The zero-order valence-electron chi connectivity index (χ0n) is 30.4. The number of aromatic nitrogens is 1. The molecule has 2 aromatic carbocycles. The van der Waals surface area contributed by atoms with Crippen LogP contribution in [-0.2, 0) is 34.3 Å². The molecule has 0 spiro atoms. The highest BCUT2D eigenvalue weighted by atomic mass is 32.2. The van der Waals surface area contributed by atoms with E-state index in [1.54, 1.807) is 33.3 Å². The maximum Gasteiger partial charge on any atom is 0.321 e. The Balaban J connectivity index is 1.58. The van der Waals surface area contributed by atoms with Gasteiger partial charge in [-0.05, 0) is 41.5 Å². The number of aliphatic hydroxyl groups excluding tert-OH is 1. The minimum absolute atomic E-state index is 0.0284. The van der Waals surface area contributed by atoms with Crippen molar-refractivity contribution < 1.29 is 23.1 Å². The second kappa shape index (κ2) is 18.2. The lowest BCUT2D eigenvalue weighted by Gasteiger charge is -2.35. The summed E-state index contributed by atoms with van der Waals surface area (Å²) in [6.45, 7) is 12.8. The van der Waals surface area contributed by atoms with Crippen molar-refractivity contribution in [1.29, 1.82) is 0 Å². The average molecular weight is 741 g/mol. The van der Waals surface area contributed by atoms with E-state index in [9.17, 15) is 28.0 Å². The first kappa shape index (κ1) is 40.1. The van der Waals surface area contributed by atoms with E-state index < -0.39 is 34.1 Å². The third-order valence-corrected chi connectivity index (χ3v) is 12.2. The van der Waals surface area contributed by atoms with E-state index in [1.807, 2.05) is 63.4 Å². The largest absolute Gasteiger partial charge is 0.390 e. The third kappa shape index (κ3) is 10.4. The molecule has 0 unspecified atom stereocenters. The number of nitroso groups, excluding NO2 is 1. The molecule has 1 aliphatic heterocycles. The van der Waals surface area contributed by atoms with Crippen LogP contribution in [0.3, 0.4) is 0 Å². The van der Waals surface area contributed by atoms with Crippen LogP contribution in [0.1, 0.15) is 75.7 Å². The van der Waals surface area contributed by atoms with Crippen molar-refractivity contribution in [2.24, 2.45) is 17.0 Å². The number of amides is 3. The summed E-state index contributed by atoms with van der Waals surface area (Å²) in [6, 6.07) is 13.5. The first-order chi connectivity index (χ1) is 24.2. The molecule has 2 heterocycles. The minimum atomic E-state index is -4.06. The van der Waals surface area contributed by atoms with Gasteiger partial charge in [-0.25, -0.2) is 18.2 Å². The van der Waals surface area contributed by atoms with Gasteiger partial charge in [0, 0.05) is 37.5 Å². The summed E-state index contributed by atoms with van der Waals surface area (Å²) in [4.78, 5) is 46.8. The zero-order chi connectivity index (χ0) is 37.3. The molecule has 4 atom stereocenters. The lowest BCUT2D eigenvalue weighted by atomic mass is 9.95. The van der Waals surface area contributed by atoms with E-state index in [2.05, 4.69) is 29.3 Å². The molecule has 14 heteroatoms. The summed E-state index contributed by atoms with van der Waals surface area (Å²) in [5.41, 5.74) is 2.26. The van der Waals surface area contributed by atoms with Gasteiger partial charge in [0.2, 0.25) is 15.9 Å². The first-order valence-corrected chi connectivity index (χ1v) is 20.0. The number of sulfonamides is 1. The molecule has 1 saturated heterocycles. The fourth-order valence-electron chi connectivity index (χ4n) is 6.22. The zero-order valence-corrected chi connectivity index (χ0v) is 32.1. The number of nitrogens with zero attached hydrogens (tertiary/aromatic N) is 5. The Morgan fingerprint density at radius 3 is 2.29 bits per heavy atom. The first-order valence-electron chi connectivity index (χ1n) is 17.6. The quantitative estimate of drug-likeness (QED) is 0.151. The van der Waals surface area contributed by atoms with E-state index >= 15 is 0 Å². The van der Waals surface area contributed by atoms with Crippen LogP contribution in [0, 0.1) is 16.7 Å². The van der Waals surface area contributed by atoms with Gasteiger partial charge in [0.25, 0.3) is 0 Å². The van der Waals surface area contributed by atoms with Crippen molar-refractivity contribution in [2.75, 3.05) is 26.2 Å². The topological polar surface area (TPSA) is 153 Å². The second-order valence-electron chi connectivity index (χ2n) is 14.1. The molecular weight excluding hydrogens is 689 g/mol. The van der Waals surface area contributed by atoms with Gasteiger partial charge in [-0.2, -0.15) is 9.21 Å². The molecule has 0 bridgehead atoms.